The number of carbonyl (C=O) groups is 1. The van der Waals surface area contributed by atoms with E-state index in [0.717, 1.165) is 24.3 Å². The maximum absolute atomic E-state index is 12.4. The molecule has 1 aromatic rings. The summed E-state index contributed by atoms with van der Waals surface area (Å²) in [6.45, 7) is -0.395. The van der Waals surface area contributed by atoms with Crippen LogP contribution < -0.4 is 15.2 Å². The molecule has 1 aromatic carbocycles. The van der Waals surface area contributed by atoms with Gasteiger partial charge in [0.1, 0.15) is 6.04 Å². The number of carboxylic acid groups (broad SMARTS) is 1. The Morgan fingerprint density at radius 1 is 1.22 bits per heavy atom. The Morgan fingerprint density at radius 3 is 2.26 bits per heavy atom. The van der Waals surface area contributed by atoms with E-state index in [-0.39, 0.29) is 19.5 Å². The van der Waals surface area contributed by atoms with Gasteiger partial charge in [0.25, 0.3) is 10.2 Å². The van der Waals surface area contributed by atoms with Crippen LogP contribution >= 0.6 is 0 Å². The lowest BCUT2D eigenvalue weighted by molar-refractivity contribution is -0.139. The van der Waals surface area contributed by atoms with Gasteiger partial charge in [-0.1, -0.05) is 12.1 Å². The molecule has 0 bridgehead atoms. The van der Waals surface area contributed by atoms with Crippen LogP contribution in [0, 0.1) is 0 Å². The van der Waals surface area contributed by atoms with Crippen molar-refractivity contribution in [2.45, 2.75) is 25.2 Å². The fourth-order valence-corrected chi connectivity index (χ4v) is 2.36. The molecule has 0 heterocycles. The molecule has 7 nitrogen and oxygen atoms in total. The normalized spacial score (nSPS) is 13.7. The molecule has 0 saturated carbocycles. The number of alkyl halides is 3. The van der Waals surface area contributed by atoms with E-state index >= 15 is 0 Å². The summed E-state index contributed by atoms with van der Waals surface area (Å²) < 4.78 is 64.5. The minimum atomic E-state index is -4.46. The SMILES string of the molecule is NC(CCNS(=O)(=O)NCc1ccc(C(F)(F)F)cc1)C(=O)O. The largest absolute Gasteiger partial charge is 0.480 e. The first-order chi connectivity index (χ1) is 10.5. The van der Waals surface area contributed by atoms with E-state index in [1.807, 2.05) is 0 Å². The fraction of sp³-hybridized carbons (Fsp3) is 0.417. The molecule has 11 heteroatoms. The number of benzene rings is 1. The summed E-state index contributed by atoms with van der Waals surface area (Å²) in [5.74, 6) is -1.25. The summed E-state index contributed by atoms with van der Waals surface area (Å²) in [5, 5.41) is 8.55. The van der Waals surface area contributed by atoms with E-state index in [2.05, 4.69) is 9.44 Å². The van der Waals surface area contributed by atoms with Crippen LogP contribution in [-0.4, -0.2) is 32.1 Å². The number of carboxylic acids is 1. The highest BCUT2D eigenvalue weighted by Crippen LogP contribution is 2.29. The van der Waals surface area contributed by atoms with Crippen LogP contribution in [0.4, 0.5) is 13.2 Å². The number of aliphatic carboxylic acids is 1. The predicted molar refractivity (Wildman–Crippen MR) is 75.4 cm³/mol. The van der Waals surface area contributed by atoms with Gasteiger partial charge in [0, 0.05) is 13.1 Å². The Morgan fingerprint density at radius 2 is 1.78 bits per heavy atom. The van der Waals surface area contributed by atoms with E-state index in [0.29, 0.717) is 5.56 Å². The first-order valence-corrected chi connectivity index (χ1v) is 7.88. The van der Waals surface area contributed by atoms with Crippen LogP contribution in [0.25, 0.3) is 0 Å². The summed E-state index contributed by atoms with van der Waals surface area (Å²) in [6.07, 6.45) is -4.56. The fourth-order valence-electron chi connectivity index (χ4n) is 1.51. The molecule has 1 rings (SSSR count). The molecule has 0 aliphatic rings. The Hall–Kier alpha value is -1.69. The van der Waals surface area contributed by atoms with Crippen LogP contribution in [0.1, 0.15) is 17.5 Å². The number of halogens is 3. The standard InChI is InChI=1S/C12H16F3N3O4S/c13-12(14,15)9-3-1-8(2-4-9)7-18-23(21,22)17-6-5-10(16)11(19)20/h1-4,10,17-18H,5-7,16H2,(H,19,20). The molecule has 23 heavy (non-hydrogen) atoms. The predicted octanol–water partition coefficient (Wildman–Crippen LogP) is 0.431. The molecule has 0 fully saturated rings. The minimum absolute atomic E-state index is 0.101. The van der Waals surface area contributed by atoms with E-state index in [1.165, 1.54) is 0 Å². The number of hydrogen-bond acceptors (Lipinski definition) is 4. The van der Waals surface area contributed by atoms with Crippen LogP contribution in [0.5, 0.6) is 0 Å². The average molecular weight is 355 g/mol. The molecule has 0 aliphatic heterocycles. The first kappa shape index (κ1) is 19.4. The summed E-state index contributed by atoms with van der Waals surface area (Å²) in [6, 6.07) is 2.83. The molecular weight excluding hydrogens is 339 g/mol. The van der Waals surface area contributed by atoms with E-state index < -0.39 is 34.0 Å². The van der Waals surface area contributed by atoms with Gasteiger partial charge in [-0.15, -0.1) is 0 Å². The van der Waals surface area contributed by atoms with Crippen molar-refractivity contribution in [2.75, 3.05) is 6.54 Å². The molecule has 5 N–H and O–H groups in total. The molecule has 0 aliphatic carbocycles. The zero-order valence-electron chi connectivity index (χ0n) is 11.8. The van der Waals surface area contributed by atoms with Gasteiger partial charge in [-0.05, 0) is 24.1 Å². The lowest BCUT2D eigenvalue weighted by atomic mass is 10.1. The van der Waals surface area contributed by atoms with Crippen molar-refractivity contribution in [3.63, 3.8) is 0 Å². The first-order valence-electron chi connectivity index (χ1n) is 6.40. The molecule has 0 radical (unpaired) electrons. The highest BCUT2D eigenvalue weighted by Gasteiger charge is 2.29. The van der Waals surface area contributed by atoms with Gasteiger partial charge in [-0.3, -0.25) is 4.79 Å². The van der Waals surface area contributed by atoms with Crippen molar-refractivity contribution < 1.29 is 31.5 Å². The molecule has 0 saturated heterocycles. The van der Waals surface area contributed by atoms with Gasteiger partial charge in [0.05, 0.1) is 5.56 Å². The van der Waals surface area contributed by atoms with Gasteiger partial charge in [-0.2, -0.15) is 26.3 Å². The van der Waals surface area contributed by atoms with Gasteiger partial charge in [-0.25, -0.2) is 4.72 Å². The second-order valence-corrected chi connectivity index (χ2v) is 6.23. The van der Waals surface area contributed by atoms with Crippen LogP contribution in [-0.2, 0) is 27.7 Å². The summed E-state index contributed by atoms with van der Waals surface area (Å²) >= 11 is 0. The van der Waals surface area contributed by atoms with Crippen molar-refractivity contribution in [3.8, 4) is 0 Å². The smallest absolute Gasteiger partial charge is 0.416 e. The van der Waals surface area contributed by atoms with Crippen molar-refractivity contribution in [3.05, 3.63) is 35.4 Å². The Bertz CT molecular complexity index is 632. The topological polar surface area (TPSA) is 122 Å². The lowest BCUT2D eigenvalue weighted by Crippen LogP contribution is -2.40. The highest BCUT2D eigenvalue weighted by atomic mass is 32.2. The van der Waals surface area contributed by atoms with Crippen LogP contribution in [0.2, 0.25) is 0 Å². The van der Waals surface area contributed by atoms with Crippen LogP contribution in [0.15, 0.2) is 24.3 Å². The summed E-state index contributed by atoms with van der Waals surface area (Å²) in [4.78, 5) is 10.5. The zero-order valence-corrected chi connectivity index (χ0v) is 12.6. The van der Waals surface area contributed by atoms with Gasteiger partial charge < -0.3 is 10.8 Å². The molecule has 0 aromatic heterocycles. The van der Waals surface area contributed by atoms with Gasteiger partial charge >= 0.3 is 12.1 Å². The van der Waals surface area contributed by atoms with Gasteiger partial charge in [0.2, 0.25) is 0 Å². The maximum atomic E-state index is 12.4. The quantitative estimate of drug-likeness (QED) is 0.539. The summed E-state index contributed by atoms with van der Waals surface area (Å²) in [5.41, 5.74) is 4.72. The third-order valence-corrected chi connectivity index (χ3v) is 3.92. The lowest BCUT2D eigenvalue weighted by Gasteiger charge is -2.11. The van der Waals surface area contributed by atoms with Crippen molar-refractivity contribution >= 4 is 16.2 Å². The van der Waals surface area contributed by atoms with E-state index in [4.69, 9.17) is 10.8 Å². The Kier molecular flexibility index (Phi) is 6.50. The molecule has 0 spiro atoms. The number of nitrogens with two attached hydrogens (primary N) is 1. The Labute approximate surface area is 130 Å². The average Bonchev–Trinajstić information content (AvgIpc) is 2.44. The Balaban J connectivity index is 2.48. The second kappa shape index (κ2) is 7.73. The van der Waals surface area contributed by atoms with Crippen molar-refractivity contribution in [1.82, 2.24) is 9.44 Å². The van der Waals surface area contributed by atoms with E-state index in [9.17, 15) is 26.4 Å². The van der Waals surface area contributed by atoms with Crippen molar-refractivity contribution in [1.29, 1.82) is 0 Å². The maximum Gasteiger partial charge on any atom is 0.416 e. The minimum Gasteiger partial charge on any atom is -0.480 e. The van der Waals surface area contributed by atoms with Crippen molar-refractivity contribution in [2.24, 2.45) is 5.73 Å². The molecule has 0 amide bonds. The molecular formula is C12H16F3N3O4S. The zero-order chi connectivity index (χ0) is 17.7. The second-order valence-electron chi connectivity index (χ2n) is 4.65. The number of rotatable bonds is 8. The van der Waals surface area contributed by atoms with Gasteiger partial charge in [0.15, 0.2) is 0 Å². The molecule has 1 atom stereocenters. The van der Waals surface area contributed by atoms with Crippen LogP contribution in [0.3, 0.4) is 0 Å². The highest BCUT2D eigenvalue weighted by molar-refractivity contribution is 7.87. The third-order valence-electron chi connectivity index (χ3n) is 2.81. The van der Waals surface area contributed by atoms with E-state index in [1.54, 1.807) is 0 Å². The number of hydrogen-bond donors (Lipinski definition) is 4. The number of nitrogens with one attached hydrogen (secondary N) is 2. The third kappa shape index (κ3) is 6.95. The molecule has 1 unspecified atom stereocenters. The summed E-state index contributed by atoms with van der Waals surface area (Å²) in [7, 11) is -3.91. The monoisotopic (exact) mass is 355 g/mol. The molecule has 130 valence electrons.